The van der Waals surface area contributed by atoms with E-state index < -0.39 is 5.54 Å². The highest BCUT2D eigenvalue weighted by Crippen LogP contribution is 2.51. The van der Waals surface area contributed by atoms with E-state index in [0.29, 0.717) is 0 Å². The molecule has 1 heterocycles. The number of carbonyl (C=O) groups excluding carboxylic acids is 1. The highest BCUT2D eigenvalue weighted by molar-refractivity contribution is 6.01. The summed E-state index contributed by atoms with van der Waals surface area (Å²) in [5.74, 6) is 0.0992. The predicted octanol–water partition coefficient (Wildman–Crippen LogP) is 4.16. The quantitative estimate of drug-likeness (QED) is 0.608. The fourth-order valence-corrected chi connectivity index (χ4v) is 4.75. The van der Waals surface area contributed by atoms with Crippen molar-refractivity contribution in [1.82, 2.24) is 4.90 Å². The summed E-state index contributed by atoms with van der Waals surface area (Å²) in [7, 11) is 1.95. The van der Waals surface area contributed by atoms with Gasteiger partial charge in [-0.1, -0.05) is 66.7 Å². The molecule has 1 aliphatic carbocycles. The molecule has 0 bridgehead atoms. The molecule has 0 aromatic heterocycles. The standard InChI is InChI=1S/C23H19NO/c1-24-22(25)18-10-4-7-13-21(18)23(24)19-11-5-2-8-16(19)14-15-17-9-3-6-12-20(17)23/h2-13H,14-15H2,1H3. The summed E-state index contributed by atoms with van der Waals surface area (Å²) < 4.78 is 0. The first-order valence-corrected chi connectivity index (χ1v) is 8.79. The van der Waals surface area contributed by atoms with Gasteiger partial charge in [0.1, 0.15) is 5.54 Å². The van der Waals surface area contributed by atoms with Gasteiger partial charge in [0.2, 0.25) is 0 Å². The van der Waals surface area contributed by atoms with Crippen LogP contribution in [0.1, 0.15) is 38.2 Å². The lowest BCUT2D eigenvalue weighted by atomic mass is 9.75. The molecule has 1 aliphatic heterocycles. The fraction of sp³-hybridized carbons (Fsp3) is 0.174. The molecule has 0 saturated carbocycles. The van der Waals surface area contributed by atoms with Crippen LogP contribution < -0.4 is 0 Å². The lowest BCUT2D eigenvalue weighted by Gasteiger charge is -2.39. The summed E-state index contributed by atoms with van der Waals surface area (Å²) in [5.41, 5.74) is 6.52. The minimum atomic E-state index is -0.530. The Labute approximate surface area is 147 Å². The van der Waals surface area contributed by atoms with E-state index in [-0.39, 0.29) is 5.91 Å². The van der Waals surface area contributed by atoms with E-state index in [9.17, 15) is 4.79 Å². The van der Waals surface area contributed by atoms with Gasteiger partial charge in [-0.05, 0) is 46.7 Å². The van der Waals surface area contributed by atoms with Gasteiger partial charge in [0.05, 0.1) is 0 Å². The molecule has 0 unspecified atom stereocenters. The molecular weight excluding hydrogens is 306 g/mol. The Hall–Kier alpha value is -2.87. The van der Waals surface area contributed by atoms with Crippen LogP contribution in [-0.4, -0.2) is 17.9 Å². The monoisotopic (exact) mass is 325 g/mol. The fourth-order valence-electron chi connectivity index (χ4n) is 4.75. The molecule has 5 rings (SSSR count). The van der Waals surface area contributed by atoms with E-state index in [1.807, 2.05) is 30.1 Å². The van der Waals surface area contributed by atoms with Crippen molar-refractivity contribution in [2.24, 2.45) is 0 Å². The van der Waals surface area contributed by atoms with Crippen molar-refractivity contribution >= 4 is 5.91 Å². The summed E-state index contributed by atoms with van der Waals surface area (Å²) in [4.78, 5) is 15.1. The maximum Gasteiger partial charge on any atom is 0.255 e. The van der Waals surface area contributed by atoms with E-state index in [1.54, 1.807) is 0 Å². The van der Waals surface area contributed by atoms with Crippen LogP contribution in [0.2, 0.25) is 0 Å². The van der Waals surface area contributed by atoms with Crippen LogP contribution in [0.5, 0.6) is 0 Å². The normalized spacial score (nSPS) is 17.0. The zero-order valence-corrected chi connectivity index (χ0v) is 14.2. The summed E-state index contributed by atoms with van der Waals surface area (Å²) in [6, 6.07) is 25.3. The predicted molar refractivity (Wildman–Crippen MR) is 98.7 cm³/mol. The number of carbonyl (C=O) groups is 1. The molecule has 0 radical (unpaired) electrons. The van der Waals surface area contributed by atoms with E-state index in [2.05, 4.69) is 54.6 Å². The van der Waals surface area contributed by atoms with Crippen molar-refractivity contribution in [2.75, 3.05) is 7.05 Å². The van der Waals surface area contributed by atoms with E-state index in [0.717, 1.165) is 24.0 Å². The number of amides is 1. The SMILES string of the molecule is CN1C(=O)c2ccccc2C12c1ccccc1CCc1ccccc12. The van der Waals surface area contributed by atoms with Crippen molar-refractivity contribution in [2.45, 2.75) is 18.4 Å². The van der Waals surface area contributed by atoms with Gasteiger partial charge in [0.15, 0.2) is 0 Å². The number of nitrogens with zero attached hydrogens (tertiary/aromatic N) is 1. The largest absolute Gasteiger partial charge is 0.324 e. The van der Waals surface area contributed by atoms with Crippen molar-refractivity contribution in [3.8, 4) is 0 Å². The highest BCUT2D eigenvalue weighted by Gasteiger charge is 2.52. The molecule has 1 spiro atoms. The van der Waals surface area contributed by atoms with E-state index >= 15 is 0 Å². The van der Waals surface area contributed by atoms with Crippen LogP contribution in [0.15, 0.2) is 72.8 Å². The Morgan fingerprint density at radius 2 is 1.20 bits per heavy atom. The Balaban J connectivity index is 1.98. The molecule has 122 valence electrons. The lowest BCUT2D eigenvalue weighted by molar-refractivity contribution is 0.0736. The van der Waals surface area contributed by atoms with Crippen LogP contribution >= 0.6 is 0 Å². The minimum Gasteiger partial charge on any atom is -0.324 e. The number of benzene rings is 3. The average molecular weight is 325 g/mol. The molecule has 2 nitrogen and oxygen atoms in total. The Kier molecular flexibility index (Phi) is 2.93. The minimum absolute atomic E-state index is 0.0992. The first-order valence-electron chi connectivity index (χ1n) is 8.79. The van der Waals surface area contributed by atoms with Crippen LogP contribution in [0.4, 0.5) is 0 Å². The van der Waals surface area contributed by atoms with Crippen molar-refractivity contribution < 1.29 is 4.79 Å². The molecule has 0 N–H and O–H groups in total. The topological polar surface area (TPSA) is 20.3 Å². The van der Waals surface area contributed by atoms with Crippen LogP contribution in [0.3, 0.4) is 0 Å². The third-order valence-electron chi connectivity index (χ3n) is 5.83. The third-order valence-corrected chi connectivity index (χ3v) is 5.83. The summed E-state index contributed by atoms with van der Waals surface area (Å²) >= 11 is 0. The van der Waals surface area contributed by atoms with Gasteiger partial charge < -0.3 is 4.90 Å². The first-order chi connectivity index (χ1) is 12.2. The smallest absolute Gasteiger partial charge is 0.255 e. The molecular formula is C23H19NO. The zero-order valence-electron chi connectivity index (χ0n) is 14.2. The first kappa shape index (κ1) is 14.5. The number of aryl methyl sites for hydroxylation is 2. The lowest BCUT2D eigenvalue weighted by Crippen LogP contribution is -2.43. The molecule has 0 saturated heterocycles. The van der Waals surface area contributed by atoms with Crippen LogP contribution in [0, 0.1) is 0 Å². The second-order valence-electron chi connectivity index (χ2n) is 6.93. The zero-order chi connectivity index (χ0) is 17.0. The summed E-state index contributed by atoms with van der Waals surface area (Å²) in [6.45, 7) is 0. The number of fused-ring (bicyclic) bond motifs is 6. The van der Waals surface area contributed by atoms with Crippen LogP contribution in [-0.2, 0) is 18.4 Å². The molecule has 0 atom stereocenters. The van der Waals surface area contributed by atoms with Gasteiger partial charge in [0, 0.05) is 12.6 Å². The van der Waals surface area contributed by atoms with E-state index in [1.165, 1.54) is 22.3 Å². The highest BCUT2D eigenvalue weighted by atomic mass is 16.2. The molecule has 1 amide bonds. The summed E-state index contributed by atoms with van der Waals surface area (Å²) in [5, 5.41) is 0. The average Bonchev–Trinajstić information content (AvgIpc) is 2.80. The molecule has 2 heteroatoms. The number of rotatable bonds is 0. The Morgan fingerprint density at radius 1 is 0.720 bits per heavy atom. The molecule has 25 heavy (non-hydrogen) atoms. The van der Waals surface area contributed by atoms with Crippen molar-refractivity contribution in [1.29, 1.82) is 0 Å². The number of hydrogen-bond donors (Lipinski definition) is 0. The van der Waals surface area contributed by atoms with Gasteiger partial charge >= 0.3 is 0 Å². The molecule has 3 aromatic rings. The molecule has 2 aliphatic rings. The van der Waals surface area contributed by atoms with Crippen molar-refractivity contribution in [3.63, 3.8) is 0 Å². The van der Waals surface area contributed by atoms with Crippen LogP contribution in [0.25, 0.3) is 0 Å². The van der Waals surface area contributed by atoms with Gasteiger partial charge in [-0.15, -0.1) is 0 Å². The maximum atomic E-state index is 13.1. The Morgan fingerprint density at radius 3 is 1.80 bits per heavy atom. The Bertz CT molecular complexity index is 957. The second kappa shape index (κ2) is 5.06. The van der Waals surface area contributed by atoms with Gasteiger partial charge in [-0.2, -0.15) is 0 Å². The van der Waals surface area contributed by atoms with Crippen molar-refractivity contribution in [3.05, 3.63) is 106 Å². The molecule has 0 fully saturated rings. The number of hydrogen-bond acceptors (Lipinski definition) is 1. The van der Waals surface area contributed by atoms with Gasteiger partial charge in [0.25, 0.3) is 5.91 Å². The van der Waals surface area contributed by atoms with Gasteiger partial charge in [-0.3, -0.25) is 4.79 Å². The maximum absolute atomic E-state index is 13.1. The third kappa shape index (κ3) is 1.72. The summed E-state index contributed by atoms with van der Waals surface area (Å²) in [6.07, 6.45) is 2.00. The van der Waals surface area contributed by atoms with Gasteiger partial charge in [-0.25, -0.2) is 0 Å². The second-order valence-corrected chi connectivity index (χ2v) is 6.93. The van der Waals surface area contributed by atoms with E-state index in [4.69, 9.17) is 0 Å². The molecule has 3 aromatic carbocycles.